The Balaban J connectivity index is 2.22. The molecule has 0 aromatic carbocycles. The quantitative estimate of drug-likeness (QED) is 0.247. The Bertz CT molecular complexity index is 179. The Morgan fingerprint density at radius 3 is 2.38 bits per heavy atom. The monoisotopic (exact) mass is 248 g/mol. The van der Waals surface area contributed by atoms with Crippen LogP contribution in [-0.4, -0.2) is 54.1 Å². The molecule has 0 radical (unpaired) electrons. The molecule has 0 N–H and O–H groups in total. The van der Waals surface area contributed by atoms with Crippen LogP contribution in [0.3, 0.4) is 0 Å². The summed E-state index contributed by atoms with van der Waals surface area (Å²) in [4.78, 5) is 0. The van der Waals surface area contributed by atoms with Gasteiger partial charge in [0, 0.05) is 19.6 Å². The van der Waals surface area contributed by atoms with Crippen molar-refractivity contribution in [1.82, 2.24) is 0 Å². The maximum atomic E-state index is 5.77. The van der Waals surface area contributed by atoms with Crippen LogP contribution < -0.4 is 0 Å². The van der Waals surface area contributed by atoms with Gasteiger partial charge in [-0.3, -0.25) is 0 Å². The van der Waals surface area contributed by atoms with Gasteiger partial charge >= 0.3 is 0 Å². The van der Waals surface area contributed by atoms with Gasteiger partial charge in [0.1, 0.15) is 11.5 Å². The third-order valence-corrected chi connectivity index (χ3v) is 4.53. The van der Waals surface area contributed by atoms with Crippen molar-refractivity contribution >= 4 is 9.52 Å². The fraction of sp³-hybridized carbons (Fsp3) is 1.00. The molecule has 1 saturated heterocycles. The molecule has 1 heterocycles. The highest BCUT2D eigenvalue weighted by atomic mass is 28.2. The van der Waals surface area contributed by atoms with E-state index in [0.717, 1.165) is 13.0 Å². The van der Waals surface area contributed by atoms with E-state index in [-0.39, 0.29) is 14.9 Å². The van der Waals surface area contributed by atoms with Gasteiger partial charge in [0.05, 0.1) is 29.3 Å². The summed E-state index contributed by atoms with van der Waals surface area (Å²) >= 11 is 0. The van der Waals surface area contributed by atoms with E-state index in [9.17, 15) is 0 Å². The van der Waals surface area contributed by atoms with Crippen molar-refractivity contribution in [1.29, 1.82) is 0 Å². The summed E-state index contributed by atoms with van der Waals surface area (Å²) < 4.78 is 22.2. The van der Waals surface area contributed by atoms with Gasteiger partial charge in [0.15, 0.2) is 0 Å². The molecule has 1 fully saturated rings. The highest BCUT2D eigenvalue weighted by Crippen LogP contribution is 2.18. The standard InChI is InChI=1S/C11H24O4Si/c1-4-14-11(16-3,15-5-2)6-7-12-8-10-9-13-10/h10H,4-9,16H2,1-3H3. The fourth-order valence-corrected chi connectivity index (χ4v) is 3.01. The number of hydrogen-bond acceptors (Lipinski definition) is 4. The fourth-order valence-electron chi connectivity index (χ4n) is 1.70. The minimum absolute atomic E-state index is 0.325. The molecular formula is C11H24O4Si. The van der Waals surface area contributed by atoms with Gasteiger partial charge in [-0.15, -0.1) is 0 Å². The molecule has 16 heavy (non-hydrogen) atoms. The van der Waals surface area contributed by atoms with Crippen molar-refractivity contribution in [2.75, 3.05) is 33.0 Å². The van der Waals surface area contributed by atoms with Crippen molar-refractivity contribution in [2.45, 2.75) is 38.3 Å². The van der Waals surface area contributed by atoms with Gasteiger partial charge < -0.3 is 18.9 Å². The molecule has 0 aliphatic carbocycles. The van der Waals surface area contributed by atoms with Crippen LogP contribution in [0, 0.1) is 0 Å². The predicted octanol–water partition coefficient (Wildman–Crippen LogP) is 0.736. The van der Waals surface area contributed by atoms with Gasteiger partial charge in [-0.2, -0.15) is 0 Å². The van der Waals surface area contributed by atoms with E-state index in [0.29, 0.717) is 32.5 Å². The molecular weight excluding hydrogens is 224 g/mol. The molecule has 0 bridgehead atoms. The minimum atomic E-state index is -0.388. The van der Waals surface area contributed by atoms with E-state index in [1.807, 2.05) is 13.8 Å². The Labute approximate surface area is 100 Å². The summed E-state index contributed by atoms with van der Waals surface area (Å²) in [6.45, 7) is 9.90. The molecule has 1 atom stereocenters. The second-order valence-corrected chi connectivity index (χ2v) is 5.69. The number of hydrogen-bond donors (Lipinski definition) is 0. The Morgan fingerprint density at radius 2 is 1.94 bits per heavy atom. The van der Waals surface area contributed by atoms with E-state index in [1.54, 1.807) is 0 Å². The van der Waals surface area contributed by atoms with E-state index in [4.69, 9.17) is 18.9 Å². The molecule has 1 unspecified atom stereocenters. The predicted molar refractivity (Wildman–Crippen MR) is 65.6 cm³/mol. The first kappa shape index (κ1) is 14.1. The van der Waals surface area contributed by atoms with Crippen molar-refractivity contribution in [3.8, 4) is 0 Å². The van der Waals surface area contributed by atoms with Gasteiger partial charge in [0.2, 0.25) is 0 Å². The minimum Gasteiger partial charge on any atom is -0.378 e. The second kappa shape index (κ2) is 7.40. The normalized spacial score (nSPS) is 20.8. The van der Waals surface area contributed by atoms with Crippen LogP contribution in [0.25, 0.3) is 0 Å². The number of ether oxygens (including phenoxy) is 4. The SMILES string of the molecule is CCOC(CCOCC1CO1)(OCC)[SiH2]C. The highest BCUT2D eigenvalue weighted by molar-refractivity contribution is 6.37. The lowest BCUT2D eigenvalue weighted by molar-refractivity contribution is -0.185. The first-order valence-electron chi connectivity index (χ1n) is 6.23. The Morgan fingerprint density at radius 1 is 1.31 bits per heavy atom. The van der Waals surface area contributed by atoms with Gasteiger partial charge in [0.25, 0.3) is 0 Å². The maximum Gasteiger partial charge on any atom is 0.146 e. The van der Waals surface area contributed by atoms with E-state index in [2.05, 4.69) is 6.55 Å². The van der Waals surface area contributed by atoms with Crippen molar-refractivity contribution < 1.29 is 18.9 Å². The van der Waals surface area contributed by atoms with Crippen LogP contribution in [0.2, 0.25) is 6.55 Å². The molecule has 0 spiro atoms. The first-order valence-corrected chi connectivity index (χ1v) is 8.35. The molecule has 0 saturated carbocycles. The zero-order valence-electron chi connectivity index (χ0n) is 10.7. The molecule has 0 aromatic heterocycles. The van der Waals surface area contributed by atoms with Gasteiger partial charge in [-0.1, -0.05) is 6.55 Å². The van der Waals surface area contributed by atoms with Gasteiger partial charge in [-0.25, -0.2) is 0 Å². The van der Waals surface area contributed by atoms with Crippen molar-refractivity contribution in [3.05, 3.63) is 0 Å². The zero-order chi connectivity index (χ0) is 11.9. The lowest BCUT2D eigenvalue weighted by Gasteiger charge is -2.32. The zero-order valence-corrected chi connectivity index (χ0v) is 12.1. The summed E-state index contributed by atoms with van der Waals surface area (Å²) in [6, 6.07) is 0. The summed E-state index contributed by atoms with van der Waals surface area (Å²) in [7, 11) is -0.388. The van der Waals surface area contributed by atoms with Crippen molar-refractivity contribution in [3.63, 3.8) is 0 Å². The lowest BCUT2D eigenvalue weighted by Crippen LogP contribution is -2.42. The largest absolute Gasteiger partial charge is 0.378 e. The smallest absolute Gasteiger partial charge is 0.146 e. The molecule has 5 heteroatoms. The number of epoxide rings is 1. The number of rotatable bonds is 10. The maximum absolute atomic E-state index is 5.77. The Hall–Kier alpha value is 0.0569. The average Bonchev–Trinajstić information content (AvgIpc) is 3.09. The van der Waals surface area contributed by atoms with Crippen LogP contribution in [0.4, 0.5) is 0 Å². The molecule has 96 valence electrons. The molecule has 1 rings (SSSR count). The van der Waals surface area contributed by atoms with Gasteiger partial charge in [-0.05, 0) is 13.8 Å². The molecule has 4 nitrogen and oxygen atoms in total. The molecule has 0 amide bonds. The summed E-state index contributed by atoms with van der Waals surface area (Å²) in [6.07, 6.45) is 1.18. The van der Waals surface area contributed by atoms with E-state index >= 15 is 0 Å². The first-order chi connectivity index (χ1) is 7.76. The highest BCUT2D eigenvalue weighted by Gasteiger charge is 2.29. The topological polar surface area (TPSA) is 40.2 Å². The van der Waals surface area contributed by atoms with Crippen LogP contribution in [0.1, 0.15) is 20.3 Å². The van der Waals surface area contributed by atoms with Crippen LogP contribution in [0.5, 0.6) is 0 Å². The third kappa shape index (κ3) is 4.93. The van der Waals surface area contributed by atoms with E-state index in [1.165, 1.54) is 0 Å². The van der Waals surface area contributed by atoms with Crippen LogP contribution >= 0.6 is 0 Å². The molecule has 1 aliphatic heterocycles. The van der Waals surface area contributed by atoms with Crippen LogP contribution in [0.15, 0.2) is 0 Å². The molecule has 1 aliphatic rings. The third-order valence-electron chi connectivity index (χ3n) is 2.69. The van der Waals surface area contributed by atoms with Crippen LogP contribution in [-0.2, 0) is 18.9 Å². The Kier molecular flexibility index (Phi) is 6.53. The molecule has 0 aromatic rings. The summed E-state index contributed by atoms with van der Waals surface area (Å²) in [5.74, 6) is 0. The lowest BCUT2D eigenvalue weighted by atomic mass is 10.4. The average molecular weight is 248 g/mol. The second-order valence-electron chi connectivity index (χ2n) is 3.91. The van der Waals surface area contributed by atoms with Crippen molar-refractivity contribution in [2.24, 2.45) is 0 Å². The summed E-state index contributed by atoms with van der Waals surface area (Å²) in [5, 5.41) is 0. The summed E-state index contributed by atoms with van der Waals surface area (Å²) in [5.41, 5.74) is -0.325. The van der Waals surface area contributed by atoms with E-state index < -0.39 is 0 Å².